The molecule has 4 nitrogen and oxygen atoms in total. The van der Waals surface area contributed by atoms with E-state index in [4.69, 9.17) is 4.74 Å². The lowest BCUT2D eigenvalue weighted by Crippen LogP contribution is -2.41. The van der Waals surface area contributed by atoms with Crippen molar-refractivity contribution in [1.82, 2.24) is 10.6 Å². The average Bonchev–Trinajstić information content (AvgIpc) is 2.48. The Balaban J connectivity index is 0.00000200. The third-order valence-electron chi connectivity index (χ3n) is 3.55. The fourth-order valence-corrected chi connectivity index (χ4v) is 2.45. The Labute approximate surface area is 126 Å². The molecule has 1 aromatic rings. The molecule has 1 aromatic carbocycles. The number of nitrogens with one attached hydrogen (secondary N) is 2. The summed E-state index contributed by atoms with van der Waals surface area (Å²) in [5.41, 5.74) is 1.13. The molecular formula is C15H23ClN2O2. The lowest BCUT2D eigenvalue weighted by atomic mass is 9.99. The number of carbonyl (C=O) groups excluding carboxylic acids is 1. The van der Waals surface area contributed by atoms with Crippen molar-refractivity contribution in [2.24, 2.45) is 5.92 Å². The number of ether oxygens (including phenoxy) is 1. The van der Waals surface area contributed by atoms with Gasteiger partial charge in [0.25, 0.3) is 0 Å². The average molecular weight is 299 g/mol. The fraction of sp³-hybridized carbons (Fsp3) is 0.533. The zero-order valence-electron chi connectivity index (χ0n) is 11.9. The Hall–Kier alpha value is -1.26. The van der Waals surface area contributed by atoms with Crippen LogP contribution in [-0.2, 0) is 11.2 Å². The van der Waals surface area contributed by atoms with Crippen molar-refractivity contribution in [3.8, 4) is 5.75 Å². The van der Waals surface area contributed by atoms with E-state index in [9.17, 15) is 4.79 Å². The molecule has 20 heavy (non-hydrogen) atoms. The van der Waals surface area contributed by atoms with Crippen LogP contribution in [0.4, 0.5) is 0 Å². The number of carbonyl (C=O) groups is 1. The molecule has 5 heteroatoms. The molecule has 1 amide bonds. The normalized spacial score (nSPS) is 17.9. The molecule has 1 saturated heterocycles. The summed E-state index contributed by atoms with van der Waals surface area (Å²) in [5.74, 6) is 1.18. The van der Waals surface area contributed by atoms with Crippen molar-refractivity contribution in [1.29, 1.82) is 0 Å². The maximum Gasteiger partial charge on any atom is 0.224 e. The predicted octanol–water partition coefficient (Wildman–Crippen LogP) is 1.78. The molecule has 2 N–H and O–H groups in total. The highest BCUT2D eigenvalue weighted by atomic mass is 35.5. The molecule has 1 heterocycles. The maximum absolute atomic E-state index is 12.0. The van der Waals surface area contributed by atoms with Crippen molar-refractivity contribution < 1.29 is 9.53 Å². The van der Waals surface area contributed by atoms with Crippen LogP contribution in [0, 0.1) is 5.92 Å². The molecule has 2 rings (SSSR count). The Morgan fingerprint density at radius 2 is 2.25 bits per heavy atom. The largest absolute Gasteiger partial charge is 0.496 e. The van der Waals surface area contributed by atoms with Gasteiger partial charge in [0.2, 0.25) is 5.91 Å². The van der Waals surface area contributed by atoms with Gasteiger partial charge in [0.1, 0.15) is 5.75 Å². The minimum atomic E-state index is 0. The number of halogens is 1. The number of methoxy groups -OCH3 is 1. The first kappa shape index (κ1) is 16.8. The molecule has 0 bridgehead atoms. The summed E-state index contributed by atoms with van der Waals surface area (Å²) in [5, 5.41) is 6.28. The first-order valence-electron chi connectivity index (χ1n) is 6.91. The third-order valence-corrected chi connectivity index (χ3v) is 3.55. The van der Waals surface area contributed by atoms with E-state index in [0.29, 0.717) is 6.54 Å². The molecular weight excluding hydrogens is 276 g/mol. The summed E-state index contributed by atoms with van der Waals surface area (Å²) in [7, 11) is 1.67. The summed E-state index contributed by atoms with van der Waals surface area (Å²) in [4.78, 5) is 12.0. The molecule has 1 fully saturated rings. The number of piperidine rings is 1. The Kier molecular flexibility index (Phi) is 7.41. The van der Waals surface area contributed by atoms with Crippen LogP contribution in [0.3, 0.4) is 0 Å². The number of benzene rings is 1. The number of hydrogen-bond acceptors (Lipinski definition) is 3. The van der Waals surface area contributed by atoms with Crippen molar-refractivity contribution >= 4 is 18.3 Å². The van der Waals surface area contributed by atoms with Gasteiger partial charge in [0.15, 0.2) is 0 Å². The van der Waals surface area contributed by atoms with Gasteiger partial charge in [-0.05, 0) is 37.4 Å². The van der Waals surface area contributed by atoms with Gasteiger partial charge in [-0.15, -0.1) is 12.4 Å². The SMILES string of the molecule is COc1ccccc1CCNC(=O)[C@@H]1CCCNC1.Cl. The second-order valence-electron chi connectivity index (χ2n) is 4.90. The molecule has 1 atom stereocenters. The Morgan fingerprint density at radius 3 is 2.95 bits per heavy atom. The molecule has 0 aliphatic carbocycles. The number of amides is 1. The smallest absolute Gasteiger partial charge is 0.224 e. The first-order valence-corrected chi connectivity index (χ1v) is 6.91. The molecule has 0 aromatic heterocycles. The zero-order valence-corrected chi connectivity index (χ0v) is 12.7. The summed E-state index contributed by atoms with van der Waals surface area (Å²) >= 11 is 0. The highest BCUT2D eigenvalue weighted by Crippen LogP contribution is 2.17. The van der Waals surface area contributed by atoms with Crippen LogP contribution < -0.4 is 15.4 Å². The molecule has 112 valence electrons. The highest BCUT2D eigenvalue weighted by molar-refractivity contribution is 5.85. The lowest BCUT2D eigenvalue weighted by molar-refractivity contribution is -0.125. The van der Waals surface area contributed by atoms with E-state index in [1.807, 2.05) is 24.3 Å². The van der Waals surface area contributed by atoms with E-state index in [1.54, 1.807) is 7.11 Å². The van der Waals surface area contributed by atoms with Crippen LogP contribution in [-0.4, -0.2) is 32.7 Å². The van der Waals surface area contributed by atoms with Gasteiger partial charge in [0, 0.05) is 13.1 Å². The standard InChI is InChI=1S/C15H22N2O2.ClH/c1-19-14-7-3-2-5-12(14)8-10-17-15(18)13-6-4-9-16-11-13;/h2-3,5,7,13,16H,4,6,8-11H2,1H3,(H,17,18);1H/t13-;/m1./s1. The summed E-state index contributed by atoms with van der Waals surface area (Å²) in [6.07, 6.45) is 2.88. The summed E-state index contributed by atoms with van der Waals surface area (Å²) < 4.78 is 5.30. The van der Waals surface area contributed by atoms with Gasteiger partial charge in [-0.2, -0.15) is 0 Å². The second-order valence-corrected chi connectivity index (χ2v) is 4.90. The van der Waals surface area contributed by atoms with Crippen LogP contribution >= 0.6 is 12.4 Å². The van der Waals surface area contributed by atoms with E-state index in [-0.39, 0.29) is 24.2 Å². The summed E-state index contributed by atoms with van der Waals surface area (Å²) in [6, 6.07) is 7.93. The minimum absolute atomic E-state index is 0. The number of para-hydroxylation sites is 1. The Morgan fingerprint density at radius 1 is 1.45 bits per heavy atom. The molecule has 1 aliphatic rings. The van der Waals surface area contributed by atoms with Gasteiger partial charge in [-0.1, -0.05) is 18.2 Å². The van der Waals surface area contributed by atoms with E-state index < -0.39 is 0 Å². The molecule has 0 saturated carbocycles. The molecule has 0 unspecified atom stereocenters. The van der Waals surface area contributed by atoms with Crippen LogP contribution in [0.5, 0.6) is 5.75 Å². The monoisotopic (exact) mass is 298 g/mol. The van der Waals surface area contributed by atoms with E-state index >= 15 is 0 Å². The third kappa shape index (κ3) is 4.69. The van der Waals surface area contributed by atoms with Gasteiger partial charge in [-0.3, -0.25) is 4.79 Å². The molecule has 1 aliphatic heterocycles. The highest BCUT2D eigenvalue weighted by Gasteiger charge is 2.20. The number of hydrogen-bond donors (Lipinski definition) is 2. The van der Waals surface area contributed by atoms with Crippen LogP contribution in [0.15, 0.2) is 24.3 Å². The van der Waals surface area contributed by atoms with Crippen molar-refractivity contribution in [2.75, 3.05) is 26.7 Å². The van der Waals surface area contributed by atoms with Crippen molar-refractivity contribution in [3.63, 3.8) is 0 Å². The van der Waals surface area contributed by atoms with Crippen LogP contribution in [0.2, 0.25) is 0 Å². The minimum Gasteiger partial charge on any atom is -0.496 e. The van der Waals surface area contributed by atoms with E-state index in [1.165, 1.54) is 0 Å². The Bertz CT molecular complexity index is 420. The quantitative estimate of drug-likeness (QED) is 0.871. The van der Waals surface area contributed by atoms with Gasteiger partial charge >= 0.3 is 0 Å². The summed E-state index contributed by atoms with van der Waals surface area (Å²) in [6.45, 7) is 2.50. The van der Waals surface area contributed by atoms with E-state index in [2.05, 4.69) is 10.6 Å². The van der Waals surface area contributed by atoms with Crippen molar-refractivity contribution in [2.45, 2.75) is 19.3 Å². The van der Waals surface area contributed by atoms with Gasteiger partial charge < -0.3 is 15.4 Å². The topological polar surface area (TPSA) is 50.4 Å². The second kappa shape index (κ2) is 8.82. The maximum atomic E-state index is 12.0. The number of rotatable bonds is 5. The predicted molar refractivity (Wildman–Crippen MR) is 82.5 cm³/mol. The van der Waals surface area contributed by atoms with E-state index in [0.717, 1.165) is 43.7 Å². The fourth-order valence-electron chi connectivity index (χ4n) is 2.45. The zero-order chi connectivity index (χ0) is 13.5. The first-order chi connectivity index (χ1) is 9.31. The van der Waals surface area contributed by atoms with Gasteiger partial charge in [0.05, 0.1) is 13.0 Å². The van der Waals surface area contributed by atoms with Crippen molar-refractivity contribution in [3.05, 3.63) is 29.8 Å². The molecule has 0 radical (unpaired) electrons. The van der Waals surface area contributed by atoms with Crippen LogP contribution in [0.1, 0.15) is 18.4 Å². The van der Waals surface area contributed by atoms with Gasteiger partial charge in [-0.25, -0.2) is 0 Å². The molecule has 0 spiro atoms. The lowest BCUT2D eigenvalue weighted by Gasteiger charge is -2.21. The van der Waals surface area contributed by atoms with Crippen LogP contribution in [0.25, 0.3) is 0 Å².